The number of methoxy groups -OCH3 is 1. The van der Waals surface area contributed by atoms with Gasteiger partial charge in [0.05, 0.1) is 24.3 Å². The van der Waals surface area contributed by atoms with Crippen molar-refractivity contribution in [3.63, 3.8) is 0 Å². The molecule has 4 atom stereocenters. The molecule has 26 heavy (non-hydrogen) atoms. The molecule has 0 amide bonds. The molecule has 3 bridgehead atoms. The van der Waals surface area contributed by atoms with Gasteiger partial charge in [-0.3, -0.25) is 19.5 Å². The maximum atomic E-state index is 13.8. The van der Waals surface area contributed by atoms with Crippen LogP contribution < -0.4 is 0 Å². The Morgan fingerprint density at radius 3 is 2.96 bits per heavy atom. The Balaban J connectivity index is 1.88. The first-order valence-corrected chi connectivity index (χ1v) is 9.26. The number of Topliss-reactive ketones (excluding diaryl/α,β-unsaturated/α-hetero) is 1. The van der Waals surface area contributed by atoms with Crippen LogP contribution in [0.15, 0.2) is 40.9 Å². The largest absolute Gasteiger partial charge is 0.468 e. The molecule has 3 heterocycles. The Morgan fingerprint density at radius 1 is 1.38 bits per heavy atom. The van der Waals surface area contributed by atoms with E-state index in [9.17, 15) is 9.59 Å². The van der Waals surface area contributed by atoms with E-state index in [0.717, 1.165) is 24.3 Å². The highest BCUT2D eigenvalue weighted by atomic mass is 16.5. The number of benzene rings is 1. The molecule has 4 aliphatic rings. The average molecular weight is 350 g/mol. The molecule has 1 saturated carbocycles. The molecule has 2 saturated heterocycles. The number of piperidine rings is 2. The summed E-state index contributed by atoms with van der Waals surface area (Å²) >= 11 is 0. The second-order valence-electron chi connectivity index (χ2n) is 7.79. The van der Waals surface area contributed by atoms with Gasteiger partial charge in [0.1, 0.15) is 5.41 Å². The highest BCUT2D eigenvalue weighted by molar-refractivity contribution is 6.13. The summed E-state index contributed by atoms with van der Waals surface area (Å²) in [6, 6.07) is 7.67. The lowest BCUT2D eigenvalue weighted by Gasteiger charge is -2.64. The molecular weight excluding hydrogens is 328 g/mol. The molecule has 1 aromatic rings. The van der Waals surface area contributed by atoms with E-state index >= 15 is 0 Å². The lowest BCUT2D eigenvalue weighted by atomic mass is 9.42. The highest BCUT2D eigenvalue weighted by Crippen LogP contribution is 2.64. The van der Waals surface area contributed by atoms with Crippen LogP contribution in [0.25, 0.3) is 0 Å². The number of esters is 1. The fraction of sp³-hybridized carbons (Fsp3) is 0.476. The number of ketones is 1. The highest BCUT2D eigenvalue weighted by Gasteiger charge is 2.73. The van der Waals surface area contributed by atoms with Gasteiger partial charge in [0, 0.05) is 25.2 Å². The van der Waals surface area contributed by atoms with Crippen molar-refractivity contribution in [1.82, 2.24) is 4.90 Å². The molecule has 0 unspecified atom stereocenters. The topological polar surface area (TPSA) is 59.0 Å². The molecule has 1 aliphatic carbocycles. The molecule has 5 heteroatoms. The number of carbonyl (C=O) groups excluding carboxylic acids is 2. The first-order valence-electron chi connectivity index (χ1n) is 9.26. The molecule has 3 aliphatic heterocycles. The van der Waals surface area contributed by atoms with Crippen LogP contribution in [-0.4, -0.2) is 49.1 Å². The summed E-state index contributed by atoms with van der Waals surface area (Å²) in [7, 11) is 1.42. The average Bonchev–Trinajstić information content (AvgIpc) is 2.68. The molecule has 134 valence electrons. The van der Waals surface area contributed by atoms with Crippen molar-refractivity contribution in [3.05, 3.63) is 41.5 Å². The van der Waals surface area contributed by atoms with Crippen molar-refractivity contribution in [2.24, 2.45) is 16.3 Å². The standard InChI is InChI=1S/C21H22N2O3/c1-3-13-11-23-9-8-20-14-6-4-5-7-16(14)22-12-21(20,19(25)26-2)15(13)10-17(23)18(20)24/h3-7,12,15,17H,8-11H2,1-2H3/t15-,17-,20+,21+/m1/s1. The lowest BCUT2D eigenvalue weighted by molar-refractivity contribution is -0.172. The molecule has 0 N–H and O–H groups in total. The molecule has 5 rings (SSSR count). The predicted octanol–water partition coefficient (Wildman–Crippen LogP) is 2.42. The minimum absolute atomic E-state index is 0.0451. The van der Waals surface area contributed by atoms with Gasteiger partial charge in [0.2, 0.25) is 0 Å². The SMILES string of the molecule is CC=C1CN2CC[C@]34C(=O)[C@H]2C[C@H]1[C@]3(C(=O)OC)C=Nc1ccccc14. The summed E-state index contributed by atoms with van der Waals surface area (Å²) in [6.45, 7) is 3.58. The van der Waals surface area contributed by atoms with Crippen LogP contribution in [0.4, 0.5) is 5.69 Å². The third-order valence-corrected chi connectivity index (χ3v) is 7.15. The molecule has 0 aromatic heterocycles. The van der Waals surface area contributed by atoms with Crippen molar-refractivity contribution in [2.45, 2.75) is 31.2 Å². The van der Waals surface area contributed by atoms with E-state index in [4.69, 9.17) is 4.74 Å². The number of fused-ring (bicyclic) bond motifs is 3. The monoisotopic (exact) mass is 350 g/mol. The maximum absolute atomic E-state index is 13.8. The van der Waals surface area contributed by atoms with Gasteiger partial charge in [-0.15, -0.1) is 0 Å². The van der Waals surface area contributed by atoms with Crippen LogP contribution in [0.3, 0.4) is 0 Å². The summed E-state index contributed by atoms with van der Waals surface area (Å²) < 4.78 is 5.32. The molecule has 1 aromatic carbocycles. The summed E-state index contributed by atoms with van der Waals surface area (Å²) in [5.41, 5.74) is 0.990. The molecule has 3 fully saturated rings. The van der Waals surface area contributed by atoms with Gasteiger partial charge in [0.25, 0.3) is 0 Å². The summed E-state index contributed by atoms with van der Waals surface area (Å²) in [6.07, 6.45) is 5.17. The Morgan fingerprint density at radius 2 is 2.19 bits per heavy atom. The van der Waals surface area contributed by atoms with Gasteiger partial charge >= 0.3 is 5.97 Å². The van der Waals surface area contributed by atoms with Gasteiger partial charge in [-0.05, 0) is 31.4 Å². The number of nitrogens with zero attached hydrogens (tertiary/aromatic N) is 2. The van der Waals surface area contributed by atoms with Crippen molar-refractivity contribution < 1.29 is 14.3 Å². The van der Waals surface area contributed by atoms with Gasteiger partial charge < -0.3 is 4.74 Å². The predicted molar refractivity (Wildman–Crippen MR) is 97.6 cm³/mol. The molecule has 0 radical (unpaired) electrons. The van der Waals surface area contributed by atoms with Crippen LogP contribution in [0, 0.1) is 11.3 Å². The lowest BCUT2D eigenvalue weighted by Crippen LogP contribution is -2.75. The Labute approximate surface area is 152 Å². The van der Waals surface area contributed by atoms with E-state index in [1.165, 1.54) is 12.7 Å². The van der Waals surface area contributed by atoms with Gasteiger partial charge in [-0.1, -0.05) is 29.8 Å². The summed E-state index contributed by atoms with van der Waals surface area (Å²) in [5, 5.41) is 0. The molecule has 1 spiro atoms. The van der Waals surface area contributed by atoms with E-state index in [-0.39, 0.29) is 23.7 Å². The number of carbonyl (C=O) groups is 2. The van der Waals surface area contributed by atoms with Crippen LogP contribution in [-0.2, 0) is 19.7 Å². The third kappa shape index (κ3) is 1.55. The molecule has 5 nitrogen and oxygen atoms in total. The second-order valence-corrected chi connectivity index (χ2v) is 7.79. The Kier molecular flexibility index (Phi) is 3.15. The number of hydrogen-bond donors (Lipinski definition) is 0. The first kappa shape index (κ1) is 15.9. The number of allylic oxidation sites excluding steroid dienone is 1. The van der Waals surface area contributed by atoms with Crippen LogP contribution in [0.5, 0.6) is 0 Å². The second kappa shape index (κ2) is 5.13. The van der Waals surface area contributed by atoms with E-state index in [2.05, 4.69) is 16.0 Å². The normalized spacial score (nSPS) is 38.8. The maximum Gasteiger partial charge on any atom is 0.319 e. The summed E-state index contributed by atoms with van der Waals surface area (Å²) in [4.78, 5) is 34.1. The van der Waals surface area contributed by atoms with Gasteiger partial charge in [-0.25, -0.2) is 0 Å². The van der Waals surface area contributed by atoms with Crippen molar-refractivity contribution in [3.8, 4) is 0 Å². The molecular formula is C21H22N2O3. The van der Waals surface area contributed by atoms with E-state index < -0.39 is 10.8 Å². The smallest absolute Gasteiger partial charge is 0.319 e. The van der Waals surface area contributed by atoms with Crippen molar-refractivity contribution in [1.29, 1.82) is 0 Å². The quantitative estimate of drug-likeness (QED) is 0.577. The first-order chi connectivity index (χ1) is 12.6. The van der Waals surface area contributed by atoms with E-state index in [0.29, 0.717) is 12.8 Å². The number of aliphatic imine (C=N–C) groups is 1. The third-order valence-electron chi connectivity index (χ3n) is 7.15. The number of rotatable bonds is 1. The van der Waals surface area contributed by atoms with E-state index in [1.54, 1.807) is 6.21 Å². The number of hydrogen-bond acceptors (Lipinski definition) is 5. The minimum Gasteiger partial charge on any atom is -0.468 e. The van der Waals surface area contributed by atoms with E-state index in [1.807, 2.05) is 31.2 Å². The Bertz CT molecular complexity index is 889. The summed E-state index contributed by atoms with van der Waals surface area (Å²) in [5.74, 6) is -0.210. The number of para-hydroxylation sites is 1. The Hall–Kier alpha value is -2.27. The fourth-order valence-corrected chi connectivity index (χ4v) is 6.03. The van der Waals surface area contributed by atoms with Crippen LogP contribution in [0.1, 0.15) is 25.3 Å². The van der Waals surface area contributed by atoms with Crippen molar-refractivity contribution in [2.75, 3.05) is 20.2 Å². The van der Waals surface area contributed by atoms with Gasteiger partial charge in [-0.2, -0.15) is 0 Å². The number of ether oxygens (including phenoxy) is 1. The van der Waals surface area contributed by atoms with Crippen LogP contribution in [0.2, 0.25) is 0 Å². The van der Waals surface area contributed by atoms with Gasteiger partial charge in [0.15, 0.2) is 5.78 Å². The minimum atomic E-state index is -1.04. The zero-order chi connectivity index (χ0) is 18.1. The van der Waals surface area contributed by atoms with Crippen molar-refractivity contribution >= 4 is 23.7 Å². The zero-order valence-corrected chi connectivity index (χ0v) is 15.1. The zero-order valence-electron chi connectivity index (χ0n) is 15.1. The fourth-order valence-electron chi connectivity index (χ4n) is 6.03. The van der Waals surface area contributed by atoms with Crippen LogP contribution >= 0.6 is 0 Å².